The molecule has 0 radical (unpaired) electrons. The molecule has 0 spiro atoms. The summed E-state index contributed by atoms with van der Waals surface area (Å²) < 4.78 is 1.50. The summed E-state index contributed by atoms with van der Waals surface area (Å²) in [6, 6.07) is 5.03. The van der Waals surface area contributed by atoms with Gasteiger partial charge in [0.25, 0.3) is 5.91 Å². The SMILES string of the molecule is Cc1cn(-c2cccc(Cl)c2C(N)=O)nc1N. The van der Waals surface area contributed by atoms with Crippen molar-refractivity contribution >= 4 is 23.3 Å². The number of aromatic nitrogens is 2. The third-order valence-corrected chi connectivity index (χ3v) is 2.74. The largest absolute Gasteiger partial charge is 0.382 e. The van der Waals surface area contributed by atoms with E-state index in [0.29, 0.717) is 16.5 Å². The highest BCUT2D eigenvalue weighted by atomic mass is 35.5. The molecule has 0 saturated carbocycles. The Labute approximate surface area is 103 Å². The Morgan fingerprint density at radius 1 is 1.47 bits per heavy atom. The van der Waals surface area contributed by atoms with Crippen molar-refractivity contribution in [2.45, 2.75) is 6.92 Å². The fourth-order valence-electron chi connectivity index (χ4n) is 1.54. The van der Waals surface area contributed by atoms with Gasteiger partial charge in [-0.05, 0) is 19.1 Å². The van der Waals surface area contributed by atoms with E-state index in [1.807, 2.05) is 6.92 Å². The zero-order valence-electron chi connectivity index (χ0n) is 9.14. The number of amides is 1. The van der Waals surface area contributed by atoms with Crippen LogP contribution >= 0.6 is 11.6 Å². The smallest absolute Gasteiger partial charge is 0.252 e. The average Bonchev–Trinajstić information content (AvgIpc) is 2.58. The first-order valence-electron chi connectivity index (χ1n) is 4.91. The van der Waals surface area contributed by atoms with E-state index in [0.717, 1.165) is 5.56 Å². The number of anilines is 1. The van der Waals surface area contributed by atoms with E-state index in [1.54, 1.807) is 24.4 Å². The molecule has 4 N–H and O–H groups in total. The molecule has 0 bridgehead atoms. The first-order valence-corrected chi connectivity index (χ1v) is 5.29. The molecule has 0 fully saturated rings. The molecule has 2 rings (SSSR count). The average molecular weight is 251 g/mol. The maximum atomic E-state index is 11.4. The lowest BCUT2D eigenvalue weighted by Gasteiger charge is -2.07. The standard InChI is InChI=1S/C11H11ClN4O/c1-6-5-16(15-10(6)13)8-4-2-3-7(12)9(8)11(14)17/h2-5H,1H3,(H2,13,15)(H2,14,17). The molecule has 1 amide bonds. The third-order valence-electron chi connectivity index (χ3n) is 2.42. The molecule has 1 aromatic heterocycles. The molecule has 2 aromatic rings. The van der Waals surface area contributed by atoms with Gasteiger partial charge in [0.1, 0.15) is 5.82 Å². The van der Waals surface area contributed by atoms with Crippen LogP contribution in [0.15, 0.2) is 24.4 Å². The highest BCUT2D eigenvalue weighted by molar-refractivity contribution is 6.34. The van der Waals surface area contributed by atoms with Crippen molar-refractivity contribution in [3.8, 4) is 5.69 Å². The van der Waals surface area contributed by atoms with Crippen molar-refractivity contribution in [1.82, 2.24) is 9.78 Å². The summed E-state index contributed by atoms with van der Waals surface area (Å²) in [7, 11) is 0. The molecular formula is C11H11ClN4O. The molecule has 0 aliphatic heterocycles. The van der Waals surface area contributed by atoms with Gasteiger partial charge < -0.3 is 11.5 Å². The number of nitrogen functional groups attached to an aromatic ring is 1. The Bertz CT molecular complexity index is 572. The van der Waals surface area contributed by atoms with Gasteiger partial charge >= 0.3 is 0 Å². The number of nitrogens with two attached hydrogens (primary N) is 2. The normalized spacial score (nSPS) is 10.5. The molecule has 0 atom stereocenters. The van der Waals surface area contributed by atoms with Crippen LogP contribution in [0.3, 0.4) is 0 Å². The number of nitrogens with zero attached hydrogens (tertiary/aromatic N) is 2. The van der Waals surface area contributed by atoms with Gasteiger partial charge in [-0.3, -0.25) is 4.79 Å². The minimum Gasteiger partial charge on any atom is -0.382 e. The summed E-state index contributed by atoms with van der Waals surface area (Å²) in [5.41, 5.74) is 12.5. The monoisotopic (exact) mass is 250 g/mol. The molecule has 0 aliphatic rings. The molecule has 0 unspecified atom stereocenters. The third kappa shape index (κ3) is 1.97. The molecule has 88 valence electrons. The number of primary amides is 1. The van der Waals surface area contributed by atoms with Crippen molar-refractivity contribution in [1.29, 1.82) is 0 Å². The van der Waals surface area contributed by atoms with Crippen LogP contribution in [-0.4, -0.2) is 15.7 Å². The van der Waals surface area contributed by atoms with E-state index < -0.39 is 5.91 Å². The molecule has 1 aromatic carbocycles. The summed E-state index contributed by atoms with van der Waals surface area (Å²) in [5.74, 6) is -0.197. The zero-order valence-corrected chi connectivity index (χ0v) is 9.90. The Kier molecular flexibility index (Phi) is 2.77. The van der Waals surface area contributed by atoms with Gasteiger partial charge in [-0.1, -0.05) is 17.7 Å². The van der Waals surface area contributed by atoms with Crippen molar-refractivity contribution in [2.75, 3.05) is 5.73 Å². The van der Waals surface area contributed by atoms with Gasteiger partial charge in [-0.15, -0.1) is 0 Å². The highest BCUT2D eigenvalue weighted by Crippen LogP contribution is 2.23. The lowest BCUT2D eigenvalue weighted by atomic mass is 10.1. The predicted molar refractivity (Wildman–Crippen MR) is 66.2 cm³/mol. The van der Waals surface area contributed by atoms with Crippen LogP contribution in [0.5, 0.6) is 0 Å². The molecule has 5 nitrogen and oxygen atoms in total. The molecule has 0 saturated heterocycles. The van der Waals surface area contributed by atoms with Gasteiger partial charge in [0.05, 0.1) is 16.3 Å². The quantitative estimate of drug-likeness (QED) is 0.847. The van der Waals surface area contributed by atoms with Crippen molar-refractivity contribution in [3.63, 3.8) is 0 Å². The lowest BCUT2D eigenvalue weighted by molar-refractivity contribution is 0.100. The number of rotatable bonds is 2. The molecule has 17 heavy (non-hydrogen) atoms. The topological polar surface area (TPSA) is 86.9 Å². The first kappa shape index (κ1) is 11.5. The van der Waals surface area contributed by atoms with Gasteiger partial charge in [0, 0.05) is 11.8 Å². The Balaban J connectivity index is 2.67. The predicted octanol–water partition coefficient (Wildman–Crippen LogP) is 1.52. The van der Waals surface area contributed by atoms with Crippen LogP contribution in [0, 0.1) is 6.92 Å². The summed E-state index contributed by atoms with van der Waals surface area (Å²) >= 11 is 5.95. The summed E-state index contributed by atoms with van der Waals surface area (Å²) in [5, 5.41) is 4.39. The maximum absolute atomic E-state index is 11.4. The number of halogens is 1. The second-order valence-corrected chi connectivity index (χ2v) is 4.05. The fourth-order valence-corrected chi connectivity index (χ4v) is 1.81. The fraction of sp³-hybridized carbons (Fsp3) is 0.0909. The summed E-state index contributed by atoms with van der Waals surface area (Å²) in [6.45, 7) is 1.83. The summed E-state index contributed by atoms with van der Waals surface area (Å²) in [6.07, 6.45) is 1.72. The second-order valence-electron chi connectivity index (χ2n) is 3.64. The molecule has 0 aliphatic carbocycles. The van der Waals surface area contributed by atoms with E-state index in [1.165, 1.54) is 4.68 Å². The van der Waals surface area contributed by atoms with Crippen LogP contribution < -0.4 is 11.5 Å². The van der Waals surface area contributed by atoms with Gasteiger partial charge in [0.15, 0.2) is 0 Å². The van der Waals surface area contributed by atoms with Gasteiger partial charge in [-0.25, -0.2) is 4.68 Å². The molecule has 6 heteroatoms. The Morgan fingerprint density at radius 2 is 2.18 bits per heavy atom. The van der Waals surface area contributed by atoms with Gasteiger partial charge in [0.2, 0.25) is 0 Å². The number of benzene rings is 1. The zero-order chi connectivity index (χ0) is 12.6. The second kappa shape index (κ2) is 4.10. The van der Waals surface area contributed by atoms with E-state index >= 15 is 0 Å². The van der Waals surface area contributed by atoms with Crippen LogP contribution in [0.1, 0.15) is 15.9 Å². The molecule has 1 heterocycles. The number of carbonyl (C=O) groups excluding carboxylic acids is 1. The maximum Gasteiger partial charge on any atom is 0.252 e. The van der Waals surface area contributed by atoms with Crippen LogP contribution in [0.25, 0.3) is 5.69 Å². The Hall–Kier alpha value is -2.01. The van der Waals surface area contributed by atoms with Crippen LogP contribution in [0.4, 0.5) is 5.82 Å². The van der Waals surface area contributed by atoms with Crippen molar-refractivity contribution in [2.24, 2.45) is 5.73 Å². The minimum atomic E-state index is -0.600. The van der Waals surface area contributed by atoms with Crippen molar-refractivity contribution < 1.29 is 4.79 Å². The van der Waals surface area contributed by atoms with E-state index in [4.69, 9.17) is 23.1 Å². The van der Waals surface area contributed by atoms with E-state index in [2.05, 4.69) is 5.10 Å². The number of hydrogen-bond donors (Lipinski definition) is 2. The summed E-state index contributed by atoms with van der Waals surface area (Å²) in [4.78, 5) is 11.4. The minimum absolute atomic E-state index is 0.233. The lowest BCUT2D eigenvalue weighted by Crippen LogP contribution is -2.15. The number of carbonyl (C=O) groups is 1. The number of hydrogen-bond acceptors (Lipinski definition) is 3. The van der Waals surface area contributed by atoms with Crippen LogP contribution in [-0.2, 0) is 0 Å². The highest BCUT2D eigenvalue weighted by Gasteiger charge is 2.15. The van der Waals surface area contributed by atoms with Crippen LogP contribution in [0.2, 0.25) is 5.02 Å². The number of aryl methyl sites for hydroxylation is 1. The van der Waals surface area contributed by atoms with Crippen molar-refractivity contribution in [3.05, 3.63) is 40.5 Å². The van der Waals surface area contributed by atoms with E-state index in [9.17, 15) is 4.79 Å². The Morgan fingerprint density at radius 3 is 2.71 bits per heavy atom. The first-order chi connectivity index (χ1) is 8.00. The molecular weight excluding hydrogens is 240 g/mol. The van der Waals surface area contributed by atoms with Gasteiger partial charge in [-0.2, -0.15) is 5.10 Å². The van der Waals surface area contributed by atoms with E-state index in [-0.39, 0.29) is 5.56 Å².